The average molecular weight is 371 g/mol. The minimum atomic E-state index is -0.0750. The predicted molar refractivity (Wildman–Crippen MR) is 100 cm³/mol. The van der Waals surface area contributed by atoms with Gasteiger partial charge in [0.25, 0.3) is 5.91 Å². The molecule has 0 fully saturated rings. The van der Waals surface area contributed by atoms with Crippen molar-refractivity contribution in [3.8, 4) is 0 Å². The van der Waals surface area contributed by atoms with Gasteiger partial charge in [0.2, 0.25) is 0 Å². The Balaban J connectivity index is 1.87. The van der Waals surface area contributed by atoms with Gasteiger partial charge in [-0.1, -0.05) is 12.1 Å². The number of tetrazole rings is 1. The lowest BCUT2D eigenvalue weighted by molar-refractivity contribution is 0.0542. The zero-order chi connectivity index (χ0) is 18.5. The summed E-state index contributed by atoms with van der Waals surface area (Å²) in [4.78, 5) is 16.2. The fourth-order valence-electron chi connectivity index (χ4n) is 2.73. The number of fused-ring (bicyclic) bond motifs is 1. The Bertz CT molecular complexity index is 881. The average Bonchev–Trinajstić information content (AvgIpc) is 3.14. The monoisotopic (exact) mass is 371 g/mol. The number of benzene rings is 1. The van der Waals surface area contributed by atoms with Gasteiger partial charge in [-0.3, -0.25) is 4.79 Å². The van der Waals surface area contributed by atoms with Crippen molar-refractivity contribution in [1.82, 2.24) is 24.9 Å². The Kier molecular flexibility index (Phi) is 5.85. The van der Waals surface area contributed by atoms with Crippen LogP contribution in [0, 0.1) is 0 Å². The maximum Gasteiger partial charge on any atom is 0.254 e. The van der Waals surface area contributed by atoms with Crippen LogP contribution in [0.3, 0.4) is 0 Å². The lowest BCUT2D eigenvalue weighted by atomic mass is 10.1. The highest BCUT2D eigenvalue weighted by atomic mass is 32.2. The van der Waals surface area contributed by atoms with Crippen LogP contribution in [-0.4, -0.2) is 56.9 Å². The van der Waals surface area contributed by atoms with Crippen molar-refractivity contribution in [3.63, 3.8) is 0 Å². The molecule has 0 spiro atoms. The lowest BCUT2D eigenvalue weighted by Crippen LogP contribution is -2.40. The maximum absolute atomic E-state index is 13.1. The molecule has 1 atom stereocenters. The zero-order valence-electron chi connectivity index (χ0n) is 15.0. The molecule has 1 amide bonds. The van der Waals surface area contributed by atoms with Crippen LogP contribution in [0.5, 0.6) is 0 Å². The predicted octanol–water partition coefficient (Wildman–Crippen LogP) is 2.52. The Morgan fingerprint density at radius 1 is 1.31 bits per heavy atom. The van der Waals surface area contributed by atoms with Gasteiger partial charge in [0.05, 0.1) is 12.6 Å². The highest BCUT2D eigenvalue weighted by Gasteiger charge is 2.22. The van der Waals surface area contributed by atoms with Crippen molar-refractivity contribution < 1.29 is 9.53 Å². The SMILES string of the molecule is COCC(C)N(Cc1ccc(SC)cc1)C(=O)c1ccn2nnnc2c1. The van der Waals surface area contributed by atoms with E-state index in [-0.39, 0.29) is 11.9 Å². The van der Waals surface area contributed by atoms with Crippen molar-refractivity contribution in [2.75, 3.05) is 20.0 Å². The number of thioether (sulfide) groups is 1. The first-order chi connectivity index (χ1) is 12.6. The van der Waals surface area contributed by atoms with E-state index in [9.17, 15) is 4.79 Å². The van der Waals surface area contributed by atoms with Crippen molar-refractivity contribution in [2.45, 2.75) is 24.4 Å². The lowest BCUT2D eigenvalue weighted by Gasteiger charge is -2.29. The Hall–Kier alpha value is -2.45. The minimum Gasteiger partial charge on any atom is -0.383 e. The maximum atomic E-state index is 13.1. The van der Waals surface area contributed by atoms with Crippen molar-refractivity contribution in [2.24, 2.45) is 0 Å². The normalized spacial score (nSPS) is 12.3. The third kappa shape index (κ3) is 4.03. The number of aromatic nitrogens is 4. The molecule has 1 unspecified atom stereocenters. The van der Waals surface area contributed by atoms with Gasteiger partial charge in [-0.2, -0.15) is 0 Å². The van der Waals surface area contributed by atoms with Crippen LogP contribution in [0.15, 0.2) is 47.5 Å². The third-order valence-corrected chi connectivity index (χ3v) is 4.90. The largest absolute Gasteiger partial charge is 0.383 e. The first-order valence-corrected chi connectivity index (χ1v) is 9.45. The summed E-state index contributed by atoms with van der Waals surface area (Å²) in [6, 6.07) is 11.6. The molecule has 0 saturated heterocycles. The molecule has 1 aromatic carbocycles. The van der Waals surface area contributed by atoms with Gasteiger partial charge in [-0.15, -0.1) is 16.9 Å². The molecule has 136 valence electrons. The molecule has 0 saturated carbocycles. The molecule has 0 aliphatic rings. The Morgan fingerprint density at radius 2 is 2.08 bits per heavy atom. The smallest absolute Gasteiger partial charge is 0.254 e. The number of hydrogen-bond acceptors (Lipinski definition) is 6. The standard InChI is InChI=1S/C18H21N5O2S/c1-13(12-25-2)22(11-14-4-6-16(26-3)7-5-14)18(24)15-8-9-23-17(10-15)19-20-21-23/h4-10,13H,11-12H2,1-3H3. The number of nitrogens with zero attached hydrogens (tertiary/aromatic N) is 5. The van der Waals surface area contributed by atoms with E-state index in [1.807, 2.05) is 18.1 Å². The summed E-state index contributed by atoms with van der Waals surface area (Å²) in [7, 11) is 1.64. The second-order valence-corrected chi connectivity index (χ2v) is 6.86. The fourth-order valence-corrected chi connectivity index (χ4v) is 3.13. The molecule has 0 aliphatic heterocycles. The van der Waals surface area contributed by atoms with Gasteiger partial charge in [0.15, 0.2) is 5.65 Å². The van der Waals surface area contributed by atoms with Gasteiger partial charge in [-0.05, 0) is 53.4 Å². The van der Waals surface area contributed by atoms with E-state index in [2.05, 4.69) is 39.8 Å². The van der Waals surface area contributed by atoms with Crippen LogP contribution in [-0.2, 0) is 11.3 Å². The number of methoxy groups -OCH3 is 1. The van der Waals surface area contributed by atoms with Crippen LogP contribution in [0.4, 0.5) is 0 Å². The second kappa shape index (κ2) is 8.29. The van der Waals surface area contributed by atoms with Gasteiger partial charge in [0, 0.05) is 30.3 Å². The van der Waals surface area contributed by atoms with E-state index in [0.29, 0.717) is 24.4 Å². The minimum absolute atomic E-state index is 0.0695. The summed E-state index contributed by atoms with van der Waals surface area (Å²) in [6.07, 6.45) is 3.73. The zero-order valence-corrected chi connectivity index (χ0v) is 15.8. The highest BCUT2D eigenvalue weighted by Crippen LogP contribution is 2.18. The molecule has 2 aromatic heterocycles. The molecule has 8 heteroatoms. The van der Waals surface area contributed by atoms with Gasteiger partial charge in [0.1, 0.15) is 0 Å². The molecule has 3 rings (SSSR count). The molecular weight excluding hydrogens is 350 g/mol. The van der Waals surface area contributed by atoms with Crippen LogP contribution >= 0.6 is 11.8 Å². The quantitative estimate of drug-likeness (QED) is 0.594. The summed E-state index contributed by atoms with van der Waals surface area (Å²) >= 11 is 1.69. The van der Waals surface area contributed by atoms with Gasteiger partial charge < -0.3 is 9.64 Å². The van der Waals surface area contributed by atoms with Gasteiger partial charge >= 0.3 is 0 Å². The molecular formula is C18H21N5O2S. The summed E-state index contributed by atoms with van der Waals surface area (Å²) in [5.41, 5.74) is 2.17. The van der Waals surface area contributed by atoms with Crippen LogP contribution in [0.1, 0.15) is 22.8 Å². The number of amides is 1. The second-order valence-electron chi connectivity index (χ2n) is 5.98. The van der Waals surface area contributed by atoms with Crippen molar-refractivity contribution in [1.29, 1.82) is 0 Å². The molecule has 7 nitrogen and oxygen atoms in total. The molecule has 0 aliphatic carbocycles. The van der Waals surface area contributed by atoms with E-state index < -0.39 is 0 Å². The number of ether oxygens (including phenoxy) is 1. The molecule has 0 radical (unpaired) electrons. The number of rotatable bonds is 7. The van der Waals surface area contributed by atoms with Crippen molar-refractivity contribution in [3.05, 3.63) is 53.7 Å². The topological polar surface area (TPSA) is 72.6 Å². The molecule has 2 heterocycles. The summed E-state index contributed by atoms with van der Waals surface area (Å²) in [5.74, 6) is -0.0750. The van der Waals surface area contributed by atoms with Crippen LogP contribution < -0.4 is 0 Å². The van der Waals surface area contributed by atoms with E-state index in [0.717, 1.165) is 5.56 Å². The molecule has 0 bridgehead atoms. The summed E-state index contributed by atoms with van der Waals surface area (Å²) in [5, 5.41) is 11.3. The summed E-state index contributed by atoms with van der Waals surface area (Å²) in [6.45, 7) is 2.95. The fraction of sp³-hybridized carbons (Fsp3) is 0.333. The molecule has 3 aromatic rings. The van der Waals surface area contributed by atoms with E-state index in [1.165, 1.54) is 9.41 Å². The first-order valence-electron chi connectivity index (χ1n) is 8.23. The van der Waals surface area contributed by atoms with Crippen LogP contribution in [0.2, 0.25) is 0 Å². The van der Waals surface area contributed by atoms with E-state index in [4.69, 9.17) is 4.74 Å². The van der Waals surface area contributed by atoms with Gasteiger partial charge in [-0.25, -0.2) is 4.52 Å². The first kappa shape index (κ1) is 18.3. The molecule has 26 heavy (non-hydrogen) atoms. The Labute approximate surface area is 156 Å². The van der Waals surface area contributed by atoms with Crippen LogP contribution in [0.25, 0.3) is 5.65 Å². The van der Waals surface area contributed by atoms with Crippen molar-refractivity contribution >= 4 is 23.3 Å². The van der Waals surface area contributed by atoms with E-state index >= 15 is 0 Å². The number of carbonyl (C=O) groups is 1. The third-order valence-electron chi connectivity index (χ3n) is 4.16. The summed E-state index contributed by atoms with van der Waals surface area (Å²) < 4.78 is 6.80. The van der Waals surface area contributed by atoms with E-state index in [1.54, 1.807) is 37.2 Å². The number of hydrogen-bond donors (Lipinski definition) is 0. The highest BCUT2D eigenvalue weighted by molar-refractivity contribution is 7.98. The molecule has 0 N–H and O–H groups in total. The number of pyridine rings is 1. The Morgan fingerprint density at radius 3 is 2.77 bits per heavy atom. The number of carbonyl (C=O) groups excluding carboxylic acids is 1.